The van der Waals surface area contributed by atoms with Gasteiger partial charge in [-0.15, -0.1) is 11.3 Å². The molecule has 0 radical (unpaired) electrons. The molecule has 2 aromatic rings. The van der Waals surface area contributed by atoms with Crippen LogP contribution in [0.1, 0.15) is 21.3 Å². The molecule has 16 heavy (non-hydrogen) atoms. The quantitative estimate of drug-likeness (QED) is 0.851. The minimum absolute atomic E-state index is 0.0944. The van der Waals surface area contributed by atoms with Crippen LogP contribution in [-0.4, -0.2) is 5.78 Å². The van der Waals surface area contributed by atoms with E-state index < -0.39 is 6.04 Å². The molecule has 2 nitrogen and oxygen atoms in total. The first-order chi connectivity index (χ1) is 7.68. The Morgan fingerprint density at radius 3 is 2.44 bits per heavy atom. The SMILES string of the molecule is NC(C(=O)c1ccc(Cl)s1)c1ccccc1. The fraction of sp³-hybridized carbons (Fsp3) is 0.0833. The molecule has 0 fully saturated rings. The van der Waals surface area contributed by atoms with Gasteiger partial charge in [-0.3, -0.25) is 4.79 Å². The molecule has 1 aromatic heterocycles. The molecule has 2 N–H and O–H groups in total. The Morgan fingerprint density at radius 2 is 1.88 bits per heavy atom. The van der Waals surface area contributed by atoms with Crippen LogP contribution in [0.2, 0.25) is 4.34 Å². The van der Waals surface area contributed by atoms with Gasteiger partial charge in [0.25, 0.3) is 0 Å². The van der Waals surface area contributed by atoms with Gasteiger partial charge >= 0.3 is 0 Å². The first kappa shape index (κ1) is 11.3. The zero-order valence-electron chi connectivity index (χ0n) is 8.39. The molecule has 1 aromatic carbocycles. The van der Waals surface area contributed by atoms with Crippen molar-refractivity contribution in [1.82, 2.24) is 0 Å². The van der Waals surface area contributed by atoms with E-state index in [2.05, 4.69) is 0 Å². The van der Waals surface area contributed by atoms with E-state index >= 15 is 0 Å². The largest absolute Gasteiger partial charge is 0.317 e. The summed E-state index contributed by atoms with van der Waals surface area (Å²) in [6.45, 7) is 0. The molecule has 0 aliphatic heterocycles. The van der Waals surface area contributed by atoms with Crippen molar-refractivity contribution >= 4 is 28.7 Å². The topological polar surface area (TPSA) is 43.1 Å². The van der Waals surface area contributed by atoms with Crippen LogP contribution in [0.3, 0.4) is 0 Å². The van der Waals surface area contributed by atoms with Crippen LogP contribution in [0.4, 0.5) is 0 Å². The van der Waals surface area contributed by atoms with Gasteiger partial charge in [0.15, 0.2) is 5.78 Å². The van der Waals surface area contributed by atoms with E-state index in [0.29, 0.717) is 9.21 Å². The molecule has 1 unspecified atom stereocenters. The maximum atomic E-state index is 12.0. The van der Waals surface area contributed by atoms with Crippen LogP contribution in [0, 0.1) is 0 Å². The predicted molar refractivity (Wildman–Crippen MR) is 67.0 cm³/mol. The molecule has 1 atom stereocenters. The van der Waals surface area contributed by atoms with Crippen molar-refractivity contribution in [2.45, 2.75) is 6.04 Å². The summed E-state index contributed by atoms with van der Waals surface area (Å²) in [4.78, 5) is 12.6. The highest BCUT2D eigenvalue weighted by atomic mass is 35.5. The third-order valence-electron chi connectivity index (χ3n) is 2.26. The fourth-order valence-corrected chi connectivity index (χ4v) is 2.43. The average Bonchev–Trinajstić information content (AvgIpc) is 2.75. The van der Waals surface area contributed by atoms with Gasteiger partial charge in [-0.05, 0) is 17.7 Å². The zero-order valence-corrected chi connectivity index (χ0v) is 9.96. The molecule has 0 saturated heterocycles. The summed E-state index contributed by atoms with van der Waals surface area (Å²) in [5, 5.41) is 0. The minimum atomic E-state index is -0.615. The normalized spacial score (nSPS) is 12.4. The van der Waals surface area contributed by atoms with E-state index in [0.717, 1.165) is 5.56 Å². The number of halogens is 1. The van der Waals surface area contributed by atoms with Gasteiger partial charge in [0.05, 0.1) is 15.3 Å². The Morgan fingerprint density at radius 1 is 1.19 bits per heavy atom. The number of hydrogen-bond donors (Lipinski definition) is 1. The van der Waals surface area contributed by atoms with Crippen molar-refractivity contribution in [1.29, 1.82) is 0 Å². The summed E-state index contributed by atoms with van der Waals surface area (Å²) >= 11 is 7.04. The molecule has 2 rings (SSSR count). The van der Waals surface area contributed by atoms with Crippen LogP contribution >= 0.6 is 22.9 Å². The van der Waals surface area contributed by atoms with Crippen molar-refractivity contribution in [3.63, 3.8) is 0 Å². The van der Waals surface area contributed by atoms with Crippen LogP contribution in [0.5, 0.6) is 0 Å². The number of nitrogens with two attached hydrogens (primary N) is 1. The molecule has 0 saturated carbocycles. The number of thiophene rings is 1. The lowest BCUT2D eigenvalue weighted by molar-refractivity contribution is 0.0965. The standard InChI is InChI=1S/C12H10ClNOS/c13-10-7-6-9(16-10)12(15)11(14)8-4-2-1-3-5-8/h1-7,11H,14H2. The smallest absolute Gasteiger partial charge is 0.193 e. The second-order valence-electron chi connectivity index (χ2n) is 3.36. The van der Waals surface area contributed by atoms with Crippen molar-refractivity contribution in [3.05, 3.63) is 57.2 Å². The number of hydrogen-bond acceptors (Lipinski definition) is 3. The number of carbonyl (C=O) groups is 1. The molecular formula is C12H10ClNOS. The van der Waals surface area contributed by atoms with Crippen molar-refractivity contribution < 1.29 is 4.79 Å². The van der Waals surface area contributed by atoms with E-state index in [1.807, 2.05) is 30.3 Å². The van der Waals surface area contributed by atoms with Crippen LogP contribution in [-0.2, 0) is 0 Å². The van der Waals surface area contributed by atoms with Crippen LogP contribution in [0.25, 0.3) is 0 Å². The van der Waals surface area contributed by atoms with Crippen molar-refractivity contribution in [2.75, 3.05) is 0 Å². The highest BCUT2D eigenvalue weighted by Crippen LogP contribution is 2.25. The average molecular weight is 252 g/mol. The summed E-state index contributed by atoms with van der Waals surface area (Å²) in [5.41, 5.74) is 6.71. The maximum absolute atomic E-state index is 12.0. The van der Waals surface area contributed by atoms with Crippen LogP contribution < -0.4 is 5.73 Å². The van der Waals surface area contributed by atoms with Gasteiger partial charge in [-0.1, -0.05) is 41.9 Å². The Hall–Kier alpha value is -1.16. The lowest BCUT2D eigenvalue weighted by Gasteiger charge is -2.08. The number of Topliss-reactive ketones (excluding diaryl/α,β-unsaturated/α-hetero) is 1. The highest BCUT2D eigenvalue weighted by molar-refractivity contribution is 7.18. The molecule has 0 amide bonds. The van der Waals surface area contributed by atoms with Crippen molar-refractivity contribution in [2.24, 2.45) is 5.73 Å². The summed E-state index contributed by atoms with van der Waals surface area (Å²) in [7, 11) is 0. The molecule has 0 aliphatic carbocycles. The molecule has 0 aliphatic rings. The summed E-state index contributed by atoms with van der Waals surface area (Å²) in [5.74, 6) is -0.0944. The molecule has 82 valence electrons. The number of carbonyl (C=O) groups excluding carboxylic acids is 1. The van der Waals surface area contributed by atoms with E-state index in [9.17, 15) is 4.79 Å². The van der Waals surface area contributed by atoms with Gasteiger partial charge in [0.2, 0.25) is 0 Å². The first-order valence-electron chi connectivity index (χ1n) is 4.78. The highest BCUT2D eigenvalue weighted by Gasteiger charge is 2.18. The Bertz CT molecular complexity index is 495. The van der Waals surface area contributed by atoms with E-state index in [-0.39, 0.29) is 5.78 Å². The lowest BCUT2D eigenvalue weighted by atomic mass is 10.0. The van der Waals surface area contributed by atoms with Gasteiger partial charge in [0.1, 0.15) is 0 Å². The Kier molecular flexibility index (Phi) is 3.39. The van der Waals surface area contributed by atoms with E-state index in [1.165, 1.54) is 11.3 Å². The van der Waals surface area contributed by atoms with E-state index in [4.69, 9.17) is 17.3 Å². The number of benzene rings is 1. The lowest BCUT2D eigenvalue weighted by Crippen LogP contribution is -2.20. The molecule has 1 heterocycles. The second-order valence-corrected chi connectivity index (χ2v) is 5.07. The van der Waals surface area contributed by atoms with Gasteiger partial charge in [0, 0.05) is 0 Å². The summed E-state index contributed by atoms with van der Waals surface area (Å²) < 4.78 is 0.601. The molecule has 0 spiro atoms. The van der Waals surface area contributed by atoms with E-state index in [1.54, 1.807) is 12.1 Å². The Balaban J connectivity index is 2.23. The van der Waals surface area contributed by atoms with Gasteiger partial charge in [-0.2, -0.15) is 0 Å². The monoisotopic (exact) mass is 251 g/mol. The second kappa shape index (κ2) is 4.78. The zero-order chi connectivity index (χ0) is 11.5. The summed E-state index contributed by atoms with van der Waals surface area (Å²) in [6, 6.07) is 12.1. The maximum Gasteiger partial charge on any atom is 0.193 e. The third kappa shape index (κ3) is 2.32. The molecule has 0 bridgehead atoms. The number of ketones is 1. The fourth-order valence-electron chi connectivity index (χ4n) is 1.41. The molecular weight excluding hydrogens is 242 g/mol. The van der Waals surface area contributed by atoms with Gasteiger partial charge in [-0.25, -0.2) is 0 Å². The minimum Gasteiger partial charge on any atom is -0.317 e. The summed E-state index contributed by atoms with van der Waals surface area (Å²) in [6.07, 6.45) is 0. The third-order valence-corrected chi connectivity index (χ3v) is 3.50. The Labute approximate surface area is 103 Å². The van der Waals surface area contributed by atoms with Gasteiger partial charge < -0.3 is 5.73 Å². The van der Waals surface area contributed by atoms with Crippen LogP contribution in [0.15, 0.2) is 42.5 Å². The van der Waals surface area contributed by atoms with Crippen molar-refractivity contribution in [3.8, 4) is 0 Å². The molecule has 4 heteroatoms. The predicted octanol–water partition coefficient (Wildman–Crippen LogP) is 3.28. The first-order valence-corrected chi connectivity index (χ1v) is 5.98. The number of rotatable bonds is 3.